The number of aliphatic carboxylic acids is 1. The summed E-state index contributed by atoms with van der Waals surface area (Å²) >= 11 is 0. The summed E-state index contributed by atoms with van der Waals surface area (Å²) in [6.07, 6.45) is 13.9. The van der Waals surface area contributed by atoms with E-state index in [1.54, 1.807) is 0 Å². The number of ketones is 2. The predicted molar refractivity (Wildman–Crippen MR) is 210 cm³/mol. The lowest BCUT2D eigenvalue weighted by Crippen LogP contribution is -2.62. The molecular formula is C45H73N3O5. The van der Waals surface area contributed by atoms with Gasteiger partial charge in [-0.05, 0) is 147 Å². The molecule has 0 radical (unpaired) electrons. The van der Waals surface area contributed by atoms with Crippen LogP contribution in [0.5, 0.6) is 0 Å². The monoisotopic (exact) mass is 736 g/mol. The van der Waals surface area contributed by atoms with E-state index >= 15 is 0 Å². The second kappa shape index (κ2) is 15.1. The Hall–Kier alpha value is -2.06. The van der Waals surface area contributed by atoms with Gasteiger partial charge in [0.05, 0.1) is 5.92 Å². The Kier molecular flexibility index (Phi) is 11.6. The number of hydrogen-bond donors (Lipinski definition) is 4. The highest BCUT2D eigenvalue weighted by Gasteiger charge is 2.66. The van der Waals surface area contributed by atoms with Crippen molar-refractivity contribution in [1.29, 1.82) is 0 Å². The Balaban J connectivity index is 1.19. The molecule has 5 fully saturated rings. The van der Waals surface area contributed by atoms with Crippen LogP contribution in [0.1, 0.15) is 145 Å². The van der Waals surface area contributed by atoms with Crippen molar-refractivity contribution < 1.29 is 24.3 Å². The van der Waals surface area contributed by atoms with Gasteiger partial charge in [0.25, 0.3) is 0 Å². The van der Waals surface area contributed by atoms with Crippen LogP contribution in [0.15, 0.2) is 11.1 Å². The number of unbranched alkanes of at least 4 members (excludes halogenated alkanes) is 1. The number of allylic oxidation sites excluding steroid dienone is 2. The topological polar surface area (TPSA) is 139 Å². The highest BCUT2D eigenvalue weighted by atomic mass is 16.4. The summed E-state index contributed by atoms with van der Waals surface area (Å²) in [7, 11) is 1.96. The van der Waals surface area contributed by atoms with Gasteiger partial charge in [-0.1, -0.05) is 60.5 Å². The summed E-state index contributed by atoms with van der Waals surface area (Å²) in [6, 6.07) is 0.218. The van der Waals surface area contributed by atoms with E-state index in [1.165, 1.54) is 24.8 Å². The average molecular weight is 736 g/mol. The molecule has 6 rings (SSSR count). The largest absolute Gasteiger partial charge is 0.481 e. The van der Waals surface area contributed by atoms with Crippen LogP contribution in [0.4, 0.5) is 0 Å². The molecule has 0 aromatic heterocycles. The van der Waals surface area contributed by atoms with Crippen LogP contribution in [-0.2, 0) is 19.2 Å². The zero-order chi connectivity index (χ0) is 38.7. The van der Waals surface area contributed by atoms with E-state index in [2.05, 4.69) is 52.2 Å². The molecular weight excluding hydrogens is 663 g/mol. The van der Waals surface area contributed by atoms with Gasteiger partial charge in [0, 0.05) is 43.2 Å². The van der Waals surface area contributed by atoms with Gasteiger partial charge in [0.1, 0.15) is 5.78 Å². The molecule has 12 unspecified atom stereocenters. The van der Waals surface area contributed by atoms with Gasteiger partial charge in [0.15, 0.2) is 5.78 Å². The summed E-state index contributed by atoms with van der Waals surface area (Å²) in [4.78, 5) is 52.9. The Bertz CT molecular complexity index is 1470. The second-order valence-electron chi connectivity index (χ2n) is 20.5. The normalized spacial score (nSPS) is 40.8. The number of rotatable bonds is 14. The molecule has 53 heavy (non-hydrogen) atoms. The van der Waals surface area contributed by atoms with Crippen molar-refractivity contribution in [3.05, 3.63) is 11.1 Å². The maximum absolute atomic E-state index is 14.0. The molecule has 0 aromatic carbocycles. The van der Waals surface area contributed by atoms with Crippen LogP contribution in [0.3, 0.4) is 0 Å². The standard InChI is InChI=1S/C45H73N3O5/c1-26(2)39-35(50)23-45(24-38(51)48-25-29(47-8)11-9-10-20-46)19-15-33-30(40(39)45)12-13-37-43(33,6)18-16-36-42(4,5)28(14-17-44(36,37)7)21-34(49)31-22-32(27(31)3)41(52)53/h26-33,36-37,47H,9-25,46H2,1-8H3,(H,48,51)(H,52,53). The van der Waals surface area contributed by atoms with Gasteiger partial charge in [-0.25, -0.2) is 0 Å². The molecule has 0 heterocycles. The molecule has 6 aliphatic rings. The lowest BCUT2D eigenvalue weighted by molar-refractivity contribution is -0.193. The smallest absolute Gasteiger partial charge is 0.306 e. The SMILES string of the molecule is CNC(CCCCN)CNC(=O)CC12CCC3C(CCC4C3(C)CCC3C(C)(C)C(CC(=O)C5CC(C(=O)O)C5C)CCC34C)C1=C(C(C)C)C(=O)C2. The van der Waals surface area contributed by atoms with E-state index in [9.17, 15) is 24.3 Å². The van der Waals surface area contributed by atoms with Gasteiger partial charge in [0.2, 0.25) is 5.91 Å². The number of amides is 1. The summed E-state index contributed by atoms with van der Waals surface area (Å²) in [5.74, 6) is 1.89. The molecule has 0 bridgehead atoms. The first-order chi connectivity index (χ1) is 24.9. The zero-order valence-corrected chi connectivity index (χ0v) is 34.5. The predicted octanol–water partition coefficient (Wildman–Crippen LogP) is 7.73. The first kappa shape index (κ1) is 40.6. The fourth-order valence-electron chi connectivity index (χ4n) is 14.5. The number of hydrogen-bond acceptors (Lipinski definition) is 6. The Labute approximate surface area is 320 Å². The van der Waals surface area contributed by atoms with Crippen molar-refractivity contribution in [1.82, 2.24) is 10.6 Å². The van der Waals surface area contributed by atoms with Crippen molar-refractivity contribution in [2.45, 2.75) is 151 Å². The highest BCUT2D eigenvalue weighted by molar-refractivity contribution is 6.01. The fraction of sp³-hybridized carbons (Fsp3) is 0.867. The van der Waals surface area contributed by atoms with Crippen molar-refractivity contribution in [3.63, 3.8) is 0 Å². The van der Waals surface area contributed by atoms with Crippen molar-refractivity contribution >= 4 is 23.4 Å². The number of nitrogens with two attached hydrogens (primary N) is 1. The highest BCUT2D eigenvalue weighted by Crippen LogP contribution is 2.74. The molecule has 0 aromatic rings. The quantitative estimate of drug-likeness (QED) is 0.134. The van der Waals surface area contributed by atoms with Gasteiger partial charge in [-0.2, -0.15) is 0 Å². The van der Waals surface area contributed by atoms with E-state index in [0.717, 1.165) is 56.9 Å². The molecule has 298 valence electrons. The molecule has 5 N–H and O–H groups in total. The zero-order valence-electron chi connectivity index (χ0n) is 34.5. The van der Waals surface area contributed by atoms with Gasteiger partial charge in [-0.15, -0.1) is 0 Å². The van der Waals surface area contributed by atoms with E-state index in [-0.39, 0.29) is 63.1 Å². The molecule has 0 saturated heterocycles. The minimum Gasteiger partial charge on any atom is -0.481 e. The number of fused-ring (bicyclic) bond motifs is 7. The summed E-state index contributed by atoms with van der Waals surface area (Å²) in [5.41, 5.74) is 8.20. The molecule has 12 atom stereocenters. The maximum atomic E-state index is 14.0. The van der Waals surface area contributed by atoms with Crippen molar-refractivity contribution in [2.24, 2.45) is 80.7 Å². The molecule has 6 aliphatic carbocycles. The first-order valence-electron chi connectivity index (χ1n) is 21.6. The minimum atomic E-state index is -0.760. The molecule has 0 spiro atoms. The van der Waals surface area contributed by atoms with Crippen LogP contribution < -0.4 is 16.4 Å². The number of carboxylic acids is 1. The Morgan fingerprint density at radius 2 is 1.64 bits per heavy atom. The van der Waals surface area contributed by atoms with E-state index in [4.69, 9.17) is 5.73 Å². The minimum absolute atomic E-state index is 0.0387. The van der Waals surface area contributed by atoms with Crippen LogP contribution in [-0.4, -0.2) is 54.7 Å². The molecule has 0 aliphatic heterocycles. The Morgan fingerprint density at radius 1 is 0.925 bits per heavy atom. The summed E-state index contributed by atoms with van der Waals surface area (Å²) in [6.45, 7) is 17.7. The van der Waals surface area contributed by atoms with Crippen LogP contribution >= 0.6 is 0 Å². The summed E-state index contributed by atoms with van der Waals surface area (Å²) in [5, 5.41) is 16.1. The second-order valence-corrected chi connectivity index (χ2v) is 20.5. The van der Waals surface area contributed by atoms with Crippen LogP contribution in [0, 0.1) is 74.9 Å². The number of carbonyl (C=O) groups is 4. The van der Waals surface area contributed by atoms with E-state index in [0.29, 0.717) is 74.1 Å². The third-order valence-electron chi connectivity index (χ3n) is 17.4. The number of nitrogens with one attached hydrogen (secondary N) is 2. The average Bonchev–Trinajstić information content (AvgIpc) is 3.38. The van der Waals surface area contributed by atoms with Gasteiger partial charge in [-0.3, -0.25) is 19.2 Å². The third kappa shape index (κ3) is 6.90. The van der Waals surface area contributed by atoms with Crippen LogP contribution in [0.25, 0.3) is 0 Å². The van der Waals surface area contributed by atoms with Crippen LogP contribution in [0.2, 0.25) is 0 Å². The molecule has 1 amide bonds. The van der Waals surface area contributed by atoms with Crippen molar-refractivity contribution in [3.8, 4) is 0 Å². The number of likely N-dealkylation sites (N-methyl/N-ethyl adjacent to an activating group) is 1. The third-order valence-corrected chi connectivity index (χ3v) is 17.4. The first-order valence-corrected chi connectivity index (χ1v) is 21.6. The number of Topliss-reactive ketones (excluding diaryl/α,β-unsaturated/α-hetero) is 2. The number of carboxylic acid groups (broad SMARTS) is 1. The van der Waals surface area contributed by atoms with E-state index in [1.807, 2.05) is 14.0 Å². The van der Waals surface area contributed by atoms with Crippen molar-refractivity contribution in [2.75, 3.05) is 20.1 Å². The molecule has 5 saturated carbocycles. The molecule has 8 nitrogen and oxygen atoms in total. The lowest BCUT2D eigenvalue weighted by atomic mass is 9.35. The van der Waals surface area contributed by atoms with Gasteiger partial charge >= 0.3 is 5.97 Å². The fourth-order valence-corrected chi connectivity index (χ4v) is 14.5. The lowest BCUT2D eigenvalue weighted by Gasteiger charge is -2.69. The summed E-state index contributed by atoms with van der Waals surface area (Å²) < 4.78 is 0. The van der Waals surface area contributed by atoms with E-state index < -0.39 is 5.97 Å². The van der Waals surface area contributed by atoms with Gasteiger partial charge < -0.3 is 21.5 Å². The maximum Gasteiger partial charge on any atom is 0.306 e. The molecule has 8 heteroatoms. The number of carbonyl (C=O) groups excluding carboxylic acids is 3. The Morgan fingerprint density at radius 3 is 2.28 bits per heavy atom.